The number of nitrogens with zero attached hydrogens (tertiary/aromatic N) is 2. The van der Waals surface area contributed by atoms with Crippen LogP contribution in [-0.4, -0.2) is 32.5 Å². The van der Waals surface area contributed by atoms with Gasteiger partial charge in [0.05, 0.1) is 12.2 Å². The zero-order valence-corrected chi connectivity index (χ0v) is 11.2. The number of hydrogen-bond acceptors (Lipinski definition) is 4. The SMILES string of the molecule is CCN(Cc1ccccn1)C(=O)c1ccc(O)c(O)c1. The summed E-state index contributed by atoms with van der Waals surface area (Å²) in [5.41, 5.74) is 1.13. The molecule has 0 fully saturated rings. The number of amides is 1. The third-order valence-corrected chi connectivity index (χ3v) is 2.97. The molecule has 0 saturated heterocycles. The molecule has 0 saturated carbocycles. The molecule has 2 aromatic rings. The zero-order valence-electron chi connectivity index (χ0n) is 11.2. The van der Waals surface area contributed by atoms with Crippen molar-refractivity contribution in [1.82, 2.24) is 9.88 Å². The van der Waals surface area contributed by atoms with E-state index in [-0.39, 0.29) is 17.4 Å². The minimum Gasteiger partial charge on any atom is -0.504 e. The van der Waals surface area contributed by atoms with E-state index < -0.39 is 0 Å². The largest absolute Gasteiger partial charge is 0.504 e. The summed E-state index contributed by atoms with van der Waals surface area (Å²) in [5.74, 6) is -0.757. The number of phenolic OH excluding ortho intramolecular Hbond substituents is 2. The second-order valence-corrected chi connectivity index (χ2v) is 4.34. The molecule has 0 unspecified atom stereocenters. The third kappa shape index (κ3) is 3.06. The van der Waals surface area contributed by atoms with Crippen molar-refractivity contribution in [2.45, 2.75) is 13.5 Å². The molecule has 1 heterocycles. The fourth-order valence-corrected chi connectivity index (χ4v) is 1.85. The number of pyridine rings is 1. The minimum atomic E-state index is -0.301. The van der Waals surface area contributed by atoms with Crippen LogP contribution in [0.5, 0.6) is 11.5 Å². The monoisotopic (exact) mass is 272 g/mol. The first kappa shape index (κ1) is 13.9. The topological polar surface area (TPSA) is 73.7 Å². The van der Waals surface area contributed by atoms with Gasteiger partial charge in [0.1, 0.15) is 0 Å². The number of hydrogen-bond donors (Lipinski definition) is 2. The molecule has 2 N–H and O–H groups in total. The number of aromatic nitrogens is 1. The van der Waals surface area contributed by atoms with Gasteiger partial charge in [-0.1, -0.05) is 6.07 Å². The second-order valence-electron chi connectivity index (χ2n) is 4.34. The minimum absolute atomic E-state index is 0.214. The zero-order chi connectivity index (χ0) is 14.5. The molecule has 1 aromatic carbocycles. The van der Waals surface area contributed by atoms with Gasteiger partial charge in [0.15, 0.2) is 11.5 Å². The Morgan fingerprint density at radius 2 is 2.00 bits per heavy atom. The van der Waals surface area contributed by atoms with E-state index in [1.807, 2.05) is 25.1 Å². The Balaban J connectivity index is 2.18. The lowest BCUT2D eigenvalue weighted by atomic mass is 10.1. The van der Waals surface area contributed by atoms with Crippen LogP contribution in [0.15, 0.2) is 42.6 Å². The van der Waals surface area contributed by atoms with Crippen LogP contribution in [-0.2, 0) is 6.54 Å². The Morgan fingerprint density at radius 3 is 2.60 bits per heavy atom. The summed E-state index contributed by atoms with van der Waals surface area (Å²) in [6.45, 7) is 2.80. The van der Waals surface area contributed by atoms with Crippen molar-refractivity contribution < 1.29 is 15.0 Å². The Kier molecular flexibility index (Phi) is 4.20. The van der Waals surface area contributed by atoms with Gasteiger partial charge < -0.3 is 15.1 Å². The van der Waals surface area contributed by atoms with E-state index in [0.717, 1.165) is 5.69 Å². The molecular formula is C15H16N2O3. The molecule has 5 heteroatoms. The van der Waals surface area contributed by atoms with Crippen molar-refractivity contribution >= 4 is 5.91 Å². The van der Waals surface area contributed by atoms with Gasteiger partial charge in [0.25, 0.3) is 5.91 Å². The molecule has 0 atom stereocenters. The van der Waals surface area contributed by atoms with E-state index in [1.54, 1.807) is 11.1 Å². The molecule has 2 rings (SSSR count). The lowest BCUT2D eigenvalue weighted by molar-refractivity contribution is 0.0750. The quantitative estimate of drug-likeness (QED) is 0.836. The Bertz CT molecular complexity index is 599. The van der Waals surface area contributed by atoms with Gasteiger partial charge >= 0.3 is 0 Å². The number of rotatable bonds is 4. The lowest BCUT2D eigenvalue weighted by Gasteiger charge is -2.20. The van der Waals surface area contributed by atoms with Crippen molar-refractivity contribution in [2.24, 2.45) is 0 Å². The highest BCUT2D eigenvalue weighted by molar-refractivity contribution is 5.94. The molecule has 0 radical (unpaired) electrons. The highest BCUT2D eigenvalue weighted by Gasteiger charge is 2.16. The molecule has 0 aliphatic carbocycles. The normalized spacial score (nSPS) is 10.2. The molecule has 1 aromatic heterocycles. The van der Waals surface area contributed by atoms with E-state index in [1.165, 1.54) is 18.2 Å². The second kappa shape index (κ2) is 6.06. The van der Waals surface area contributed by atoms with E-state index in [2.05, 4.69) is 4.98 Å². The maximum atomic E-state index is 12.3. The number of carbonyl (C=O) groups excluding carboxylic acids is 1. The smallest absolute Gasteiger partial charge is 0.254 e. The molecule has 0 aliphatic rings. The van der Waals surface area contributed by atoms with Gasteiger partial charge in [0.2, 0.25) is 0 Å². The predicted molar refractivity (Wildman–Crippen MR) is 74.4 cm³/mol. The van der Waals surface area contributed by atoms with E-state index in [0.29, 0.717) is 18.7 Å². The molecule has 1 amide bonds. The van der Waals surface area contributed by atoms with E-state index in [9.17, 15) is 15.0 Å². The van der Waals surface area contributed by atoms with Gasteiger partial charge in [-0.3, -0.25) is 9.78 Å². The van der Waals surface area contributed by atoms with E-state index in [4.69, 9.17) is 0 Å². The van der Waals surface area contributed by atoms with Gasteiger partial charge in [0, 0.05) is 18.3 Å². The van der Waals surface area contributed by atoms with Crippen LogP contribution in [0.25, 0.3) is 0 Å². The molecule has 0 aliphatic heterocycles. The average Bonchev–Trinajstić information content (AvgIpc) is 2.48. The number of carbonyl (C=O) groups is 1. The van der Waals surface area contributed by atoms with Crippen molar-refractivity contribution in [3.05, 3.63) is 53.9 Å². The summed E-state index contributed by atoms with van der Waals surface area (Å²) in [5, 5.41) is 18.7. The first-order valence-corrected chi connectivity index (χ1v) is 6.33. The van der Waals surface area contributed by atoms with Gasteiger partial charge in [-0.25, -0.2) is 0 Å². The van der Waals surface area contributed by atoms with Crippen LogP contribution >= 0.6 is 0 Å². The number of aromatic hydroxyl groups is 2. The third-order valence-electron chi connectivity index (χ3n) is 2.97. The summed E-state index contributed by atoms with van der Waals surface area (Å²) < 4.78 is 0. The standard InChI is InChI=1S/C15H16N2O3/c1-2-17(10-12-5-3-4-8-16-12)15(20)11-6-7-13(18)14(19)9-11/h3-9,18-19H,2,10H2,1H3. The van der Waals surface area contributed by atoms with Gasteiger partial charge in [-0.2, -0.15) is 0 Å². The summed E-state index contributed by atoms with van der Waals surface area (Å²) in [4.78, 5) is 18.2. The van der Waals surface area contributed by atoms with Crippen LogP contribution in [0.1, 0.15) is 23.0 Å². The van der Waals surface area contributed by atoms with Gasteiger partial charge in [-0.05, 0) is 37.3 Å². The predicted octanol–water partition coefficient (Wildman–Crippen LogP) is 2.16. The Hall–Kier alpha value is -2.56. The van der Waals surface area contributed by atoms with Crippen LogP contribution in [0, 0.1) is 0 Å². The fourth-order valence-electron chi connectivity index (χ4n) is 1.85. The number of benzene rings is 1. The summed E-state index contributed by atoms with van der Waals surface area (Å²) >= 11 is 0. The molecule has 0 bridgehead atoms. The fraction of sp³-hybridized carbons (Fsp3) is 0.200. The van der Waals surface area contributed by atoms with Crippen LogP contribution in [0.3, 0.4) is 0 Å². The lowest BCUT2D eigenvalue weighted by Crippen LogP contribution is -2.30. The van der Waals surface area contributed by atoms with Crippen molar-refractivity contribution in [1.29, 1.82) is 0 Å². The van der Waals surface area contributed by atoms with Crippen LogP contribution < -0.4 is 0 Å². The van der Waals surface area contributed by atoms with Crippen LogP contribution in [0.4, 0.5) is 0 Å². The first-order chi connectivity index (χ1) is 9.61. The summed E-state index contributed by atoms with van der Waals surface area (Å²) in [6, 6.07) is 9.59. The highest BCUT2D eigenvalue weighted by Crippen LogP contribution is 2.25. The van der Waals surface area contributed by atoms with Crippen LogP contribution in [0.2, 0.25) is 0 Å². The van der Waals surface area contributed by atoms with Crippen molar-refractivity contribution in [3.8, 4) is 11.5 Å². The Morgan fingerprint density at radius 1 is 1.20 bits per heavy atom. The molecule has 5 nitrogen and oxygen atoms in total. The average molecular weight is 272 g/mol. The van der Waals surface area contributed by atoms with Crippen molar-refractivity contribution in [2.75, 3.05) is 6.54 Å². The Labute approximate surface area is 117 Å². The molecule has 20 heavy (non-hydrogen) atoms. The number of phenols is 2. The van der Waals surface area contributed by atoms with E-state index >= 15 is 0 Å². The maximum Gasteiger partial charge on any atom is 0.254 e. The molecule has 104 valence electrons. The molecule has 0 spiro atoms. The summed E-state index contributed by atoms with van der Waals surface area (Å²) in [6.07, 6.45) is 1.68. The maximum absolute atomic E-state index is 12.3. The first-order valence-electron chi connectivity index (χ1n) is 6.33. The summed E-state index contributed by atoms with van der Waals surface area (Å²) in [7, 11) is 0. The molecular weight excluding hydrogens is 256 g/mol. The van der Waals surface area contributed by atoms with Crippen molar-refractivity contribution in [3.63, 3.8) is 0 Å². The van der Waals surface area contributed by atoms with Gasteiger partial charge in [-0.15, -0.1) is 0 Å². The highest BCUT2D eigenvalue weighted by atomic mass is 16.3.